The van der Waals surface area contributed by atoms with Crippen molar-refractivity contribution < 1.29 is 9.18 Å². The number of carbonyl (C=O) groups excluding carboxylic acids is 1. The molecule has 8 heteroatoms. The van der Waals surface area contributed by atoms with Gasteiger partial charge in [0, 0.05) is 24.7 Å². The van der Waals surface area contributed by atoms with Crippen LogP contribution >= 0.6 is 0 Å². The third kappa shape index (κ3) is 3.90. The molecule has 2 N–H and O–H groups in total. The molecule has 0 aliphatic heterocycles. The minimum atomic E-state index is -0.628. The summed E-state index contributed by atoms with van der Waals surface area (Å²) in [7, 11) is 0. The number of carbonyl (C=O) groups is 1. The number of amides is 1. The first-order valence-corrected chi connectivity index (χ1v) is 10.2. The molecule has 0 atom stereocenters. The van der Waals surface area contributed by atoms with Crippen LogP contribution in [-0.4, -0.2) is 27.0 Å². The minimum Gasteiger partial charge on any atom is -0.352 e. The number of aromatic nitrogens is 3. The van der Waals surface area contributed by atoms with Gasteiger partial charge < -0.3 is 5.32 Å². The van der Waals surface area contributed by atoms with E-state index in [-0.39, 0.29) is 34.9 Å². The first-order chi connectivity index (χ1) is 14.5. The van der Waals surface area contributed by atoms with Crippen LogP contribution in [0.5, 0.6) is 0 Å². The summed E-state index contributed by atoms with van der Waals surface area (Å²) in [5, 5.41) is 2.88. The molecule has 0 saturated heterocycles. The van der Waals surface area contributed by atoms with E-state index in [9.17, 15) is 18.8 Å². The first kappa shape index (κ1) is 20.0. The van der Waals surface area contributed by atoms with Crippen LogP contribution in [-0.2, 0) is 13.0 Å². The van der Waals surface area contributed by atoms with E-state index >= 15 is 0 Å². The van der Waals surface area contributed by atoms with Crippen LogP contribution in [0.1, 0.15) is 53.7 Å². The molecule has 2 aromatic heterocycles. The molecule has 0 radical (unpaired) electrons. The van der Waals surface area contributed by atoms with E-state index in [4.69, 9.17) is 0 Å². The molecule has 1 aliphatic carbocycles. The van der Waals surface area contributed by atoms with Crippen molar-refractivity contribution in [3.8, 4) is 0 Å². The van der Waals surface area contributed by atoms with Crippen molar-refractivity contribution in [3.05, 3.63) is 73.8 Å². The topological polar surface area (TPSA) is 96.9 Å². The molecule has 1 amide bonds. The average molecular weight is 410 g/mol. The van der Waals surface area contributed by atoms with Gasteiger partial charge in [0.2, 0.25) is 0 Å². The Balaban J connectivity index is 1.71. The van der Waals surface area contributed by atoms with Crippen molar-refractivity contribution in [3.63, 3.8) is 0 Å². The maximum Gasteiger partial charge on any atom is 0.329 e. The van der Waals surface area contributed by atoms with Gasteiger partial charge in [-0.15, -0.1) is 0 Å². The van der Waals surface area contributed by atoms with Gasteiger partial charge in [0.15, 0.2) is 5.65 Å². The van der Waals surface area contributed by atoms with Crippen LogP contribution in [0.15, 0.2) is 39.9 Å². The van der Waals surface area contributed by atoms with Crippen LogP contribution in [0.4, 0.5) is 4.39 Å². The maximum atomic E-state index is 13.8. The normalized spacial score (nSPS) is 13.5. The molecule has 156 valence electrons. The Labute approximate surface area is 172 Å². The molecule has 2 heterocycles. The number of nitrogens with one attached hydrogen (secondary N) is 2. The Hall–Kier alpha value is -3.29. The van der Waals surface area contributed by atoms with Gasteiger partial charge in [0.25, 0.3) is 11.5 Å². The third-order valence-corrected chi connectivity index (χ3v) is 5.29. The van der Waals surface area contributed by atoms with Crippen LogP contribution in [0, 0.1) is 5.82 Å². The molecule has 1 saturated carbocycles. The largest absolute Gasteiger partial charge is 0.352 e. The highest BCUT2D eigenvalue weighted by atomic mass is 19.1. The molecular weight excluding hydrogens is 387 g/mol. The standard InChI is InChI=1S/C22H23FN4O3/c1-2-11-27-19-18(21(29)26-22(27)30)15(12-17(25-19)14-7-8-14)20(28)24-10-9-13-5-3-4-6-16(13)23/h3-6,12,14H,2,7-11H2,1H3,(H,24,28)(H,26,29,30). The van der Waals surface area contributed by atoms with Crippen LogP contribution in [0.3, 0.4) is 0 Å². The monoisotopic (exact) mass is 410 g/mol. The number of hydrogen-bond donors (Lipinski definition) is 2. The van der Waals surface area contributed by atoms with Crippen molar-refractivity contribution in [2.24, 2.45) is 0 Å². The van der Waals surface area contributed by atoms with Crippen molar-refractivity contribution in [2.75, 3.05) is 6.54 Å². The van der Waals surface area contributed by atoms with Gasteiger partial charge in [-0.3, -0.25) is 19.1 Å². The summed E-state index contributed by atoms with van der Waals surface area (Å²) in [6.45, 7) is 2.53. The van der Waals surface area contributed by atoms with Gasteiger partial charge in [-0.05, 0) is 43.4 Å². The Bertz CT molecular complexity index is 1230. The first-order valence-electron chi connectivity index (χ1n) is 10.2. The Morgan fingerprint density at radius 3 is 2.77 bits per heavy atom. The van der Waals surface area contributed by atoms with Gasteiger partial charge in [-0.25, -0.2) is 14.2 Å². The van der Waals surface area contributed by atoms with E-state index in [1.165, 1.54) is 10.6 Å². The zero-order valence-corrected chi connectivity index (χ0v) is 16.7. The molecule has 0 unspecified atom stereocenters. The van der Waals surface area contributed by atoms with E-state index < -0.39 is 17.2 Å². The number of pyridine rings is 1. The average Bonchev–Trinajstić information content (AvgIpc) is 3.57. The molecule has 1 aliphatic rings. The Morgan fingerprint density at radius 1 is 1.30 bits per heavy atom. The summed E-state index contributed by atoms with van der Waals surface area (Å²) in [6.07, 6.45) is 2.94. The molecule has 3 aromatic rings. The van der Waals surface area contributed by atoms with Crippen molar-refractivity contribution >= 4 is 16.9 Å². The highest BCUT2D eigenvalue weighted by Crippen LogP contribution is 2.39. The molecule has 0 spiro atoms. The van der Waals surface area contributed by atoms with Gasteiger partial charge in [0.05, 0.1) is 10.9 Å². The zero-order chi connectivity index (χ0) is 21.3. The van der Waals surface area contributed by atoms with Crippen LogP contribution in [0.2, 0.25) is 0 Å². The van der Waals surface area contributed by atoms with Crippen molar-refractivity contribution in [2.45, 2.75) is 45.1 Å². The maximum absolute atomic E-state index is 13.8. The molecule has 1 fully saturated rings. The molecule has 7 nitrogen and oxygen atoms in total. The third-order valence-electron chi connectivity index (χ3n) is 5.29. The molecule has 30 heavy (non-hydrogen) atoms. The van der Waals surface area contributed by atoms with E-state index in [0.29, 0.717) is 24.9 Å². The number of fused-ring (bicyclic) bond motifs is 1. The predicted molar refractivity (Wildman–Crippen MR) is 111 cm³/mol. The summed E-state index contributed by atoms with van der Waals surface area (Å²) >= 11 is 0. The fourth-order valence-corrected chi connectivity index (χ4v) is 3.60. The number of aryl methyl sites for hydroxylation is 1. The molecule has 4 rings (SSSR count). The number of H-pyrrole nitrogens is 1. The number of nitrogens with zero attached hydrogens (tertiary/aromatic N) is 2. The number of hydrogen-bond acceptors (Lipinski definition) is 4. The summed E-state index contributed by atoms with van der Waals surface area (Å²) in [5.74, 6) is -0.520. The summed E-state index contributed by atoms with van der Waals surface area (Å²) in [4.78, 5) is 44.7. The lowest BCUT2D eigenvalue weighted by Gasteiger charge is -2.13. The zero-order valence-electron chi connectivity index (χ0n) is 16.7. The van der Waals surface area contributed by atoms with Gasteiger partial charge >= 0.3 is 5.69 Å². The fraction of sp³-hybridized carbons (Fsp3) is 0.364. The molecule has 0 bridgehead atoms. The SMILES string of the molecule is CCCn1c(=O)[nH]c(=O)c2c(C(=O)NCCc3ccccc3F)cc(C3CC3)nc21. The summed E-state index contributed by atoms with van der Waals surface area (Å²) < 4.78 is 15.2. The summed E-state index contributed by atoms with van der Waals surface area (Å²) in [5.41, 5.74) is 0.509. The summed E-state index contributed by atoms with van der Waals surface area (Å²) in [6, 6.07) is 8.05. The second-order valence-corrected chi connectivity index (χ2v) is 7.58. The number of rotatable bonds is 7. The molecular formula is C22H23FN4O3. The van der Waals surface area contributed by atoms with E-state index in [1.54, 1.807) is 24.3 Å². The molecule has 1 aromatic carbocycles. The van der Waals surface area contributed by atoms with Crippen LogP contribution < -0.4 is 16.6 Å². The lowest BCUT2D eigenvalue weighted by molar-refractivity contribution is 0.0955. The fourth-order valence-electron chi connectivity index (χ4n) is 3.60. The number of halogens is 1. The lowest BCUT2D eigenvalue weighted by Crippen LogP contribution is -2.34. The van der Waals surface area contributed by atoms with Gasteiger partial charge in [-0.2, -0.15) is 0 Å². The highest BCUT2D eigenvalue weighted by Gasteiger charge is 2.28. The second-order valence-electron chi connectivity index (χ2n) is 7.58. The van der Waals surface area contributed by atoms with E-state index in [2.05, 4.69) is 15.3 Å². The smallest absolute Gasteiger partial charge is 0.329 e. The number of aromatic amines is 1. The van der Waals surface area contributed by atoms with E-state index in [1.807, 2.05) is 6.92 Å². The quantitative estimate of drug-likeness (QED) is 0.625. The number of benzene rings is 1. The van der Waals surface area contributed by atoms with Crippen molar-refractivity contribution in [1.82, 2.24) is 19.9 Å². The van der Waals surface area contributed by atoms with Gasteiger partial charge in [-0.1, -0.05) is 25.1 Å². The Morgan fingerprint density at radius 2 is 2.07 bits per heavy atom. The van der Waals surface area contributed by atoms with Crippen molar-refractivity contribution in [1.29, 1.82) is 0 Å². The Kier molecular flexibility index (Phi) is 5.48. The predicted octanol–water partition coefficient (Wildman–Crippen LogP) is 2.48. The van der Waals surface area contributed by atoms with Crippen LogP contribution in [0.25, 0.3) is 11.0 Å². The van der Waals surface area contributed by atoms with Gasteiger partial charge in [0.1, 0.15) is 5.82 Å². The lowest BCUT2D eigenvalue weighted by atomic mass is 10.1. The highest BCUT2D eigenvalue weighted by molar-refractivity contribution is 6.05. The second kappa shape index (κ2) is 8.22. The van der Waals surface area contributed by atoms with E-state index in [0.717, 1.165) is 18.5 Å². The minimum absolute atomic E-state index is 0.107.